The van der Waals surface area contributed by atoms with Crippen LogP contribution in [0, 0.1) is 12.7 Å². The number of fused-ring (bicyclic) bond motifs is 1. The summed E-state index contributed by atoms with van der Waals surface area (Å²) in [5, 5.41) is 1.07. The zero-order valence-corrected chi connectivity index (χ0v) is 12.3. The van der Waals surface area contributed by atoms with E-state index in [1.54, 1.807) is 12.1 Å². The lowest BCUT2D eigenvalue weighted by Gasteiger charge is -2.09. The van der Waals surface area contributed by atoms with Gasteiger partial charge in [0.15, 0.2) is 0 Å². The number of pyridine rings is 1. The Kier molecular flexibility index (Phi) is 3.40. The van der Waals surface area contributed by atoms with Crippen LogP contribution in [0.3, 0.4) is 0 Å². The second-order valence-corrected chi connectivity index (χ2v) is 5.34. The minimum Gasteiger partial charge on any atom is -0.439 e. The monoisotopic (exact) mass is 331 g/mol. The second kappa shape index (κ2) is 5.21. The van der Waals surface area contributed by atoms with E-state index in [0.29, 0.717) is 16.1 Å². The van der Waals surface area contributed by atoms with Crippen molar-refractivity contribution in [3.05, 3.63) is 64.4 Å². The maximum atomic E-state index is 13.2. The van der Waals surface area contributed by atoms with Gasteiger partial charge in [-0.1, -0.05) is 18.2 Å². The molecule has 0 bridgehead atoms. The maximum absolute atomic E-state index is 13.2. The van der Waals surface area contributed by atoms with Crippen molar-refractivity contribution in [1.29, 1.82) is 0 Å². The third-order valence-electron chi connectivity index (χ3n) is 2.97. The molecule has 0 saturated heterocycles. The lowest BCUT2D eigenvalue weighted by atomic mass is 10.2. The molecule has 0 radical (unpaired) electrons. The van der Waals surface area contributed by atoms with Crippen molar-refractivity contribution in [2.24, 2.45) is 0 Å². The van der Waals surface area contributed by atoms with Crippen molar-refractivity contribution >= 4 is 26.8 Å². The van der Waals surface area contributed by atoms with Crippen LogP contribution in [0.1, 0.15) is 5.56 Å². The molecule has 0 N–H and O–H groups in total. The van der Waals surface area contributed by atoms with Crippen molar-refractivity contribution in [1.82, 2.24) is 4.98 Å². The van der Waals surface area contributed by atoms with Crippen LogP contribution in [-0.4, -0.2) is 4.98 Å². The van der Waals surface area contributed by atoms with E-state index in [0.717, 1.165) is 16.5 Å². The maximum Gasteiger partial charge on any atom is 0.222 e. The molecule has 0 spiro atoms. The van der Waals surface area contributed by atoms with Gasteiger partial charge in [-0.15, -0.1) is 0 Å². The number of aryl methyl sites for hydroxylation is 1. The summed E-state index contributed by atoms with van der Waals surface area (Å²) in [6, 6.07) is 14.4. The molecule has 3 rings (SSSR count). The average molecular weight is 332 g/mol. The third kappa shape index (κ3) is 2.51. The van der Waals surface area contributed by atoms with E-state index in [1.165, 1.54) is 6.07 Å². The largest absolute Gasteiger partial charge is 0.439 e. The van der Waals surface area contributed by atoms with Gasteiger partial charge in [0, 0.05) is 10.9 Å². The van der Waals surface area contributed by atoms with Crippen molar-refractivity contribution in [2.45, 2.75) is 6.92 Å². The van der Waals surface area contributed by atoms with Gasteiger partial charge in [-0.05, 0) is 53.2 Å². The minimum absolute atomic E-state index is 0.319. The summed E-state index contributed by atoms with van der Waals surface area (Å²) in [6.07, 6.45) is 0. The van der Waals surface area contributed by atoms with Crippen LogP contribution in [0.2, 0.25) is 0 Å². The minimum atomic E-state index is -0.319. The Balaban J connectivity index is 2.01. The zero-order chi connectivity index (χ0) is 14.1. The standard InChI is InChI=1S/C16H11BrFNO/c1-10-8-11-4-2-3-5-15(11)19-16(10)20-12-6-7-14(18)13(17)9-12/h2-9H,1H3. The van der Waals surface area contributed by atoms with Crippen LogP contribution in [0.4, 0.5) is 4.39 Å². The van der Waals surface area contributed by atoms with Gasteiger partial charge in [-0.25, -0.2) is 9.37 Å². The first-order chi connectivity index (χ1) is 9.63. The number of aromatic nitrogens is 1. The van der Waals surface area contributed by atoms with E-state index in [1.807, 2.05) is 37.3 Å². The Morgan fingerprint density at radius 3 is 2.70 bits per heavy atom. The molecule has 0 aliphatic carbocycles. The molecule has 0 saturated carbocycles. The van der Waals surface area contributed by atoms with E-state index in [9.17, 15) is 4.39 Å². The molecule has 2 nitrogen and oxygen atoms in total. The second-order valence-electron chi connectivity index (χ2n) is 4.48. The summed E-state index contributed by atoms with van der Waals surface area (Å²) < 4.78 is 19.3. The molecule has 0 atom stereocenters. The predicted octanol–water partition coefficient (Wildman–Crippen LogP) is 5.24. The van der Waals surface area contributed by atoms with Gasteiger partial charge in [-0.2, -0.15) is 0 Å². The number of ether oxygens (including phenoxy) is 1. The highest BCUT2D eigenvalue weighted by atomic mass is 79.9. The highest BCUT2D eigenvalue weighted by Crippen LogP contribution is 2.28. The Morgan fingerprint density at radius 2 is 1.90 bits per heavy atom. The number of rotatable bonds is 2. The fourth-order valence-corrected chi connectivity index (χ4v) is 2.32. The molecule has 4 heteroatoms. The first-order valence-electron chi connectivity index (χ1n) is 6.13. The van der Waals surface area contributed by atoms with Gasteiger partial charge in [0.05, 0.1) is 9.99 Å². The molecule has 2 aromatic carbocycles. The molecule has 0 aliphatic heterocycles. The zero-order valence-electron chi connectivity index (χ0n) is 10.7. The van der Waals surface area contributed by atoms with Gasteiger partial charge in [0.25, 0.3) is 0 Å². The number of nitrogens with zero attached hydrogens (tertiary/aromatic N) is 1. The Hall–Kier alpha value is -1.94. The molecule has 0 aliphatic rings. The molecule has 1 aromatic heterocycles. The van der Waals surface area contributed by atoms with Crippen LogP contribution in [-0.2, 0) is 0 Å². The summed E-state index contributed by atoms with van der Waals surface area (Å²) in [5.41, 5.74) is 1.80. The van der Waals surface area contributed by atoms with Crippen LogP contribution in [0.5, 0.6) is 11.6 Å². The van der Waals surface area contributed by atoms with Crippen LogP contribution in [0.15, 0.2) is 53.0 Å². The van der Waals surface area contributed by atoms with E-state index in [2.05, 4.69) is 20.9 Å². The molecule has 0 fully saturated rings. The van der Waals surface area contributed by atoms with E-state index in [-0.39, 0.29) is 5.82 Å². The first kappa shape index (κ1) is 13.1. The van der Waals surface area contributed by atoms with Crippen molar-refractivity contribution in [2.75, 3.05) is 0 Å². The van der Waals surface area contributed by atoms with Gasteiger partial charge < -0.3 is 4.74 Å². The highest BCUT2D eigenvalue weighted by Gasteiger charge is 2.07. The van der Waals surface area contributed by atoms with Crippen molar-refractivity contribution in [3.63, 3.8) is 0 Å². The van der Waals surface area contributed by atoms with E-state index in [4.69, 9.17) is 4.74 Å². The summed E-state index contributed by atoms with van der Waals surface area (Å²) in [7, 11) is 0. The molecular weight excluding hydrogens is 321 g/mol. The third-order valence-corrected chi connectivity index (χ3v) is 3.58. The number of halogens is 2. The fraction of sp³-hybridized carbons (Fsp3) is 0.0625. The fourth-order valence-electron chi connectivity index (χ4n) is 1.96. The molecule has 20 heavy (non-hydrogen) atoms. The summed E-state index contributed by atoms with van der Waals surface area (Å²) in [4.78, 5) is 4.49. The number of hydrogen-bond acceptors (Lipinski definition) is 2. The lowest BCUT2D eigenvalue weighted by molar-refractivity contribution is 0.459. The van der Waals surface area contributed by atoms with Crippen LogP contribution in [0.25, 0.3) is 10.9 Å². The Labute approximate surface area is 124 Å². The summed E-state index contributed by atoms with van der Waals surface area (Å²) in [5.74, 6) is 0.756. The smallest absolute Gasteiger partial charge is 0.222 e. The number of hydrogen-bond donors (Lipinski definition) is 0. The number of benzene rings is 2. The van der Waals surface area contributed by atoms with Gasteiger partial charge in [-0.3, -0.25) is 0 Å². The van der Waals surface area contributed by atoms with E-state index < -0.39 is 0 Å². The molecule has 0 unspecified atom stereocenters. The van der Waals surface area contributed by atoms with Crippen LogP contribution >= 0.6 is 15.9 Å². The molecular formula is C16H11BrFNO. The normalized spacial score (nSPS) is 10.8. The predicted molar refractivity (Wildman–Crippen MR) is 80.7 cm³/mol. The quantitative estimate of drug-likeness (QED) is 0.640. The average Bonchev–Trinajstić information content (AvgIpc) is 2.44. The van der Waals surface area contributed by atoms with Gasteiger partial charge >= 0.3 is 0 Å². The van der Waals surface area contributed by atoms with Gasteiger partial charge in [0.2, 0.25) is 5.88 Å². The van der Waals surface area contributed by atoms with Crippen molar-refractivity contribution < 1.29 is 9.13 Å². The number of para-hydroxylation sites is 1. The molecule has 3 aromatic rings. The van der Waals surface area contributed by atoms with Crippen LogP contribution < -0.4 is 4.74 Å². The molecule has 0 amide bonds. The summed E-state index contributed by atoms with van der Waals surface area (Å²) >= 11 is 3.14. The topological polar surface area (TPSA) is 22.1 Å². The molecule has 100 valence electrons. The SMILES string of the molecule is Cc1cc2ccccc2nc1Oc1ccc(F)c(Br)c1. The van der Waals surface area contributed by atoms with E-state index >= 15 is 0 Å². The molecule has 1 heterocycles. The van der Waals surface area contributed by atoms with Gasteiger partial charge in [0.1, 0.15) is 11.6 Å². The lowest BCUT2D eigenvalue weighted by Crippen LogP contribution is -1.93. The van der Waals surface area contributed by atoms with Crippen molar-refractivity contribution in [3.8, 4) is 11.6 Å². The first-order valence-corrected chi connectivity index (χ1v) is 6.92. The highest BCUT2D eigenvalue weighted by molar-refractivity contribution is 9.10. The summed E-state index contributed by atoms with van der Waals surface area (Å²) in [6.45, 7) is 1.94. The Morgan fingerprint density at radius 1 is 1.10 bits per heavy atom. The Bertz CT molecular complexity index is 789.